The SMILES string of the molecule is COc1c(-c2cc(N)on2)cc(Cl)c(F)c1C. The summed E-state index contributed by atoms with van der Waals surface area (Å²) in [5.41, 5.74) is 6.74. The summed E-state index contributed by atoms with van der Waals surface area (Å²) in [6, 6.07) is 2.95. The van der Waals surface area contributed by atoms with E-state index in [0.29, 0.717) is 22.6 Å². The van der Waals surface area contributed by atoms with Crippen LogP contribution in [0, 0.1) is 12.7 Å². The molecule has 0 radical (unpaired) electrons. The summed E-state index contributed by atoms with van der Waals surface area (Å²) in [6.45, 7) is 1.58. The lowest BCUT2D eigenvalue weighted by atomic mass is 10.1. The second-order valence-corrected chi connectivity index (χ2v) is 3.90. The molecule has 4 nitrogen and oxygen atoms in total. The number of aromatic nitrogens is 1. The van der Waals surface area contributed by atoms with Gasteiger partial charge in [-0.1, -0.05) is 16.8 Å². The molecule has 2 N–H and O–H groups in total. The van der Waals surface area contributed by atoms with Crippen molar-refractivity contribution in [2.45, 2.75) is 6.92 Å². The minimum Gasteiger partial charge on any atom is -0.496 e. The Balaban J connectivity index is 2.69. The van der Waals surface area contributed by atoms with Gasteiger partial charge in [0.15, 0.2) is 0 Å². The molecule has 0 aliphatic rings. The number of ether oxygens (including phenoxy) is 1. The van der Waals surface area contributed by atoms with Gasteiger partial charge < -0.3 is 15.0 Å². The molecule has 0 fully saturated rings. The Labute approximate surface area is 102 Å². The maximum absolute atomic E-state index is 13.6. The number of methoxy groups -OCH3 is 1. The lowest BCUT2D eigenvalue weighted by molar-refractivity contribution is 0.407. The van der Waals surface area contributed by atoms with Crippen LogP contribution in [-0.2, 0) is 0 Å². The summed E-state index contributed by atoms with van der Waals surface area (Å²) in [5.74, 6) is 0.0177. The third kappa shape index (κ3) is 1.93. The first kappa shape index (κ1) is 11.7. The highest BCUT2D eigenvalue weighted by molar-refractivity contribution is 6.31. The predicted molar refractivity (Wildman–Crippen MR) is 62.6 cm³/mol. The van der Waals surface area contributed by atoms with Gasteiger partial charge in [0.05, 0.1) is 12.1 Å². The van der Waals surface area contributed by atoms with Crippen molar-refractivity contribution in [3.63, 3.8) is 0 Å². The number of nitrogens with two attached hydrogens (primary N) is 1. The molecule has 0 spiro atoms. The fraction of sp³-hybridized carbons (Fsp3) is 0.182. The number of halogens is 2. The standard InChI is InChI=1S/C11H10ClFN2O2/c1-5-10(13)7(12)3-6(11(5)16-2)8-4-9(14)17-15-8/h3-4H,14H2,1-2H3. The van der Waals surface area contributed by atoms with Gasteiger partial charge in [-0.3, -0.25) is 0 Å². The Kier molecular flexibility index (Phi) is 2.93. The lowest BCUT2D eigenvalue weighted by Gasteiger charge is -2.11. The topological polar surface area (TPSA) is 61.3 Å². The van der Waals surface area contributed by atoms with Gasteiger partial charge in [-0.2, -0.15) is 0 Å². The van der Waals surface area contributed by atoms with Crippen molar-refractivity contribution in [3.8, 4) is 17.0 Å². The number of nitrogens with zero attached hydrogens (tertiary/aromatic N) is 1. The Morgan fingerprint density at radius 3 is 2.71 bits per heavy atom. The van der Waals surface area contributed by atoms with Gasteiger partial charge >= 0.3 is 0 Å². The summed E-state index contributed by atoms with van der Waals surface area (Å²) in [7, 11) is 1.45. The van der Waals surface area contributed by atoms with Crippen molar-refractivity contribution >= 4 is 17.5 Å². The monoisotopic (exact) mass is 256 g/mol. The van der Waals surface area contributed by atoms with Gasteiger partial charge in [0.25, 0.3) is 0 Å². The molecule has 0 bridgehead atoms. The molecule has 90 valence electrons. The third-order valence-electron chi connectivity index (χ3n) is 2.40. The molecular weight excluding hydrogens is 247 g/mol. The van der Waals surface area contributed by atoms with Gasteiger partial charge in [0.2, 0.25) is 5.88 Å². The number of anilines is 1. The lowest BCUT2D eigenvalue weighted by Crippen LogP contribution is -1.95. The molecule has 0 aliphatic heterocycles. The van der Waals surface area contributed by atoms with Crippen molar-refractivity contribution in [2.24, 2.45) is 0 Å². The highest BCUT2D eigenvalue weighted by Crippen LogP contribution is 2.37. The van der Waals surface area contributed by atoms with Crippen LogP contribution < -0.4 is 10.5 Å². The van der Waals surface area contributed by atoms with Crippen LogP contribution in [0.1, 0.15) is 5.56 Å². The summed E-state index contributed by atoms with van der Waals surface area (Å²) >= 11 is 5.78. The fourth-order valence-electron chi connectivity index (χ4n) is 1.61. The van der Waals surface area contributed by atoms with Crippen LogP contribution in [0.4, 0.5) is 10.3 Å². The van der Waals surface area contributed by atoms with Crippen molar-refractivity contribution in [2.75, 3.05) is 12.8 Å². The maximum Gasteiger partial charge on any atom is 0.222 e. The molecule has 2 rings (SSSR count). The molecule has 0 saturated carbocycles. The predicted octanol–water partition coefficient (Wildman–Crippen LogP) is 3.03. The average molecular weight is 257 g/mol. The third-order valence-corrected chi connectivity index (χ3v) is 2.68. The summed E-state index contributed by atoms with van der Waals surface area (Å²) in [5, 5.41) is 3.75. The number of benzene rings is 1. The zero-order chi connectivity index (χ0) is 12.6. The van der Waals surface area contributed by atoms with E-state index in [1.807, 2.05) is 0 Å². The molecule has 1 heterocycles. The van der Waals surface area contributed by atoms with Gasteiger partial charge in [-0.15, -0.1) is 0 Å². The van der Waals surface area contributed by atoms with E-state index in [0.717, 1.165) is 0 Å². The largest absolute Gasteiger partial charge is 0.496 e. The van der Waals surface area contributed by atoms with Crippen LogP contribution >= 0.6 is 11.6 Å². The zero-order valence-electron chi connectivity index (χ0n) is 9.25. The molecule has 17 heavy (non-hydrogen) atoms. The van der Waals surface area contributed by atoms with Crippen LogP contribution in [0.25, 0.3) is 11.3 Å². The second kappa shape index (κ2) is 4.25. The first-order chi connectivity index (χ1) is 8.04. The number of hydrogen-bond donors (Lipinski definition) is 1. The minimum absolute atomic E-state index is 0.000119. The first-order valence-corrected chi connectivity index (χ1v) is 5.17. The van der Waals surface area contributed by atoms with Crippen LogP contribution in [0.15, 0.2) is 16.7 Å². The molecule has 0 aliphatic carbocycles. The van der Waals surface area contributed by atoms with Crippen LogP contribution in [0.5, 0.6) is 5.75 Å². The Morgan fingerprint density at radius 2 is 2.18 bits per heavy atom. The van der Waals surface area contributed by atoms with E-state index in [1.165, 1.54) is 19.2 Å². The van der Waals surface area contributed by atoms with Gasteiger partial charge in [0, 0.05) is 17.2 Å². The molecule has 0 unspecified atom stereocenters. The van der Waals surface area contributed by atoms with E-state index in [1.54, 1.807) is 6.92 Å². The normalized spacial score (nSPS) is 10.6. The van der Waals surface area contributed by atoms with Crippen molar-refractivity contribution in [3.05, 3.63) is 28.5 Å². The van der Waals surface area contributed by atoms with Crippen molar-refractivity contribution in [1.29, 1.82) is 0 Å². The molecule has 6 heteroatoms. The Bertz CT molecular complexity index is 569. The van der Waals surface area contributed by atoms with E-state index < -0.39 is 5.82 Å². The quantitative estimate of drug-likeness (QED) is 0.897. The number of nitrogen functional groups attached to an aromatic ring is 1. The van der Waals surface area contributed by atoms with E-state index in [-0.39, 0.29) is 10.9 Å². The smallest absolute Gasteiger partial charge is 0.222 e. The summed E-state index contributed by atoms with van der Waals surface area (Å²) < 4.78 is 23.5. The molecular formula is C11H10ClFN2O2. The molecule has 0 saturated heterocycles. The van der Waals surface area contributed by atoms with Crippen LogP contribution in [0.3, 0.4) is 0 Å². The molecule has 1 aromatic carbocycles. The van der Waals surface area contributed by atoms with Gasteiger partial charge in [-0.25, -0.2) is 4.39 Å². The molecule has 0 amide bonds. The van der Waals surface area contributed by atoms with Crippen molar-refractivity contribution in [1.82, 2.24) is 5.16 Å². The first-order valence-electron chi connectivity index (χ1n) is 4.79. The zero-order valence-corrected chi connectivity index (χ0v) is 10.0. The molecule has 1 aromatic heterocycles. The van der Waals surface area contributed by atoms with Crippen LogP contribution in [0.2, 0.25) is 5.02 Å². The highest BCUT2D eigenvalue weighted by Gasteiger charge is 2.18. The van der Waals surface area contributed by atoms with E-state index >= 15 is 0 Å². The molecule has 0 atom stereocenters. The second-order valence-electron chi connectivity index (χ2n) is 3.49. The maximum atomic E-state index is 13.6. The Hall–Kier alpha value is -1.75. The summed E-state index contributed by atoms with van der Waals surface area (Å²) in [4.78, 5) is 0. The highest BCUT2D eigenvalue weighted by atomic mass is 35.5. The average Bonchev–Trinajstić information content (AvgIpc) is 2.72. The van der Waals surface area contributed by atoms with Crippen molar-refractivity contribution < 1.29 is 13.7 Å². The van der Waals surface area contributed by atoms with Gasteiger partial charge in [0.1, 0.15) is 17.3 Å². The Morgan fingerprint density at radius 1 is 1.47 bits per heavy atom. The summed E-state index contributed by atoms with van der Waals surface area (Å²) in [6.07, 6.45) is 0. The van der Waals surface area contributed by atoms with E-state index in [4.69, 9.17) is 26.6 Å². The van der Waals surface area contributed by atoms with Gasteiger partial charge in [-0.05, 0) is 13.0 Å². The van der Waals surface area contributed by atoms with E-state index in [2.05, 4.69) is 5.16 Å². The van der Waals surface area contributed by atoms with E-state index in [9.17, 15) is 4.39 Å². The number of rotatable bonds is 2. The molecule has 2 aromatic rings. The fourth-order valence-corrected chi connectivity index (χ4v) is 1.86. The minimum atomic E-state index is -0.510. The number of hydrogen-bond acceptors (Lipinski definition) is 4. The van der Waals surface area contributed by atoms with Crippen LogP contribution in [-0.4, -0.2) is 12.3 Å².